The van der Waals surface area contributed by atoms with Crippen LogP contribution in [0.2, 0.25) is 0 Å². The fourth-order valence-corrected chi connectivity index (χ4v) is 2.29. The first-order chi connectivity index (χ1) is 11.9. The first-order valence-corrected chi connectivity index (χ1v) is 7.58. The van der Waals surface area contributed by atoms with Crippen molar-refractivity contribution in [2.45, 2.75) is 19.1 Å². The molecule has 0 fully saturated rings. The van der Waals surface area contributed by atoms with Crippen molar-refractivity contribution in [3.05, 3.63) is 53.7 Å². The number of halogens is 3. The number of hydrogen-bond acceptors (Lipinski definition) is 5. The van der Waals surface area contributed by atoms with Crippen molar-refractivity contribution in [3.8, 4) is 11.4 Å². The maximum atomic E-state index is 12.6. The number of aromatic nitrogens is 4. The Hall–Kier alpha value is -2.68. The highest BCUT2D eigenvalue weighted by molar-refractivity contribution is 5.54. The van der Waals surface area contributed by atoms with Crippen molar-refractivity contribution in [2.24, 2.45) is 0 Å². The molecule has 0 amide bonds. The van der Waals surface area contributed by atoms with Crippen molar-refractivity contribution in [3.63, 3.8) is 0 Å². The molecule has 1 aromatic carbocycles. The third kappa shape index (κ3) is 4.44. The quantitative estimate of drug-likeness (QED) is 0.739. The minimum Gasteiger partial charge on any atom is -0.338 e. The Balaban J connectivity index is 1.60. The van der Waals surface area contributed by atoms with E-state index in [1.165, 1.54) is 12.1 Å². The second-order valence-corrected chi connectivity index (χ2v) is 5.68. The summed E-state index contributed by atoms with van der Waals surface area (Å²) in [5.74, 6) is 0.677. The highest BCUT2D eigenvalue weighted by atomic mass is 19.4. The zero-order chi connectivity index (χ0) is 17.9. The van der Waals surface area contributed by atoms with Gasteiger partial charge in [-0.05, 0) is 31.2 Å². The molecule has 2 heterocycles. The molecule has 0 bridgehead atoms. The standard InChI is InChI=1S/C16H16F3N5O/c1-24(7-6-11-8-20-21-9-11)10-14-22-15(23-25-14)12-2-4-13(5-3-12)16(17,18)19/h2-5,8-9H,6-7,10H2,1H3,(H,20,21). The van der Waals surface area contributed by atoms with Crippen LogP contribution in [0.15, 0.2) is 41.2 Å². The molecule has 3 aromatic rings. The summed E-state index contributed by atoms with van der Waals surface area (Å²) in [6, 6.07) is 4.67. The zero-order valence-electron chi connectivity index (χ0n) is 13.4. The van der Waals surface area contributed by atoms with Crippen LogP contribution in [0.4, 0.5) is 13.2 Å². The molecule has 2 aromatic heterocycles. The van der Waals surface area contributed by atoms with Crippen molar-refractivity contribution in [2.75, 3.05) is 13.6 Å². The van der Waals surface area contributed by atoms with Gasteiger partial charge in [-0.25, -0.2) is 0 Å². The van der Waals surface area contributed by atoms with Gasteiger partial charge in [0.2, 0.25) is 11.7 Å². The molecule has 0 saturated carbocycles. The summed E-state index contributed by atoms with van der Waals surface area (Å²) >= 11 is 0. The van der Waals surface area contributed by atoms with Gasteiger partial charge in [-0.2, -0.15) is 23.3 Å². The Labute approximate surface area is 141 Å². The molecule has 0 radical (unpaired) electrons. The average Bonchev–Trinajstić information content (AvgIpc) is 3.24. The van der Waals surface area contributed by atoms with Gasteiger partial charge >= 0.3 is 6.18 Å². The molecule has 6 nitrogen and oxygen atoms in total. The van der Waals surface area contributed by atoms with Crippen LogP contribution in [0.25, 0.3) is 11.4 Å². The van der Waals surface area contributed by atoms with Crippen LogP contribution in [0.5, 0.6) is 0 Å². The van der Waals surface area contributed by atoms with Crippen molar-refractivity contribution >= 4 is 0 Å². The summed E-state index contributed by atoms with van der Waals surface area (Å²) < 4.78 is 42.9. The molecule has 25 heavy (non-hydrogen) atoms. The molecular formula is C16H16F3N5O. The Kier molecular flexibility index (Phi) is 4.84. The highest BCUT2D eigenvalue weighted by Gasteiger charge is 2.30. The molecular weight excluding hydrogens is 335 g/mol. The number of likely N-dealkylation sites (N-methyl/N-ethyl adjacent to an activating group) is 1. The molecule has 0 saturated heterocycles. The van der Waals surface area contributed by atoms with Gasteiger partial charge in [-0.15, -0.1) is 0 Å². The third-order valence-electron chi connectivity index (χ3n) is 3.68. The van der Waals surface area contributed by atoms with Gasteiger partial charge in [0.25, 0.3) is 0 Å². The minimum atomic E-state index is -4.36. The number of aromatic amines is 1. The first-order valence-electron chi connectivity index (χ1n) is 7.58. The lowest BCUT2D eigenvalue weighted by atomic mass is 10.1. The molecule has 0 unspecified atom stereocenters. The molecule has 0 aliphatic carbocycles. The predicted octanol–water partition coefficient (Wildman–Crippen LogP) is 3.15. The third-order valence-corrected chi connectivity index (χ3v) is 3.68. The number of rotatable bonds is 6. The maximum Gasteiger partial charge on any atom is 0.416 e. The molecule has 1 N–H and O–H groups in total. The number of alkyl halides is 3. The Morgan fingerprint density at radius 1 is 1.20 bits per heavy atom. The Morgan fingerprint density at radius 3 is 2.60 bits per heavy atom. The average molecular weight is 351 g/mol. The Morgan fingerprint density at radius 2 is 1.96 bits per heavy atom. The number of nitrogens with one attached hydrogen (secondary N) is 1. The normalized spacial score (nSPS) is 12.0. The molecule has 0 aliphatic rings. The van der Waals surface area contributed by atoms with Gasteiger partial charge in [0, 0.05) is 18.3 Å². The lowest BCUT2D eigenvalue weighted by molar-refractivity contribution is -0.137. The summed E-state index contributed by atoms with van der Waals surface area (Å²) in [6.07, 6.45) is 0.0675. The fraction of sp³-hybridized carbons (Fsp3) is 0.312. The van der Waals surface area contributed by atoms with Gasteiger partial charge in [-0.3, -0.25) is 10.00 Å². The second kappa shape index (κ2) is 7.06. The van der Waals surface area contributed by atoms with E-state index in [0.29, 0.717) is 18.0 Å². The van der Waals surface area contributed by atoms with Gasteiger partial charge in [0.05, 0.1) is 18.3 Å². The van der Waals surface area contributed by atoms with Gasteiger partial charge < -0.3 is 4.52 Å². The van der Waals surface area contributed by atoms with Crippen LogP contribution < -0.4 is 0 Å². The number of hydrogen-bond donors (Lipinski definition) is 1. The number of H-pyrrole nitrogens is 1. The van der Waals surface area contributed by atoms with E-state index in [1.807, 2.05) is 18.1 Å². The zero-order valence-corrected chi connectivity index (χ0v) is 13.4. The van der Waals surface area contributed by atoms with E-state index in [0.717, 1.165) is 30.7 Å². The molecule has 0 aliphatic heterocycles. The van der Waals surface area contributed by atoms with Gasteiger partial charge in [-0.1, -0.05) is 17.3 Å². The smallest absolute Gasteiger partial charge is 0.338 e. The van der Waals surface area contributed by atoms with E-state index in [1.54, 1.807) is 6.20 Å². The van der Waals surface area contributed by atoms with Crippen molar-refractivity contribution < 1.29 is 17.7 Å². The summed E-state index contributed by atoms with van der Waals surface area (Å²) in [4.78, 5) is 6.25. The largest absolute Gasteiger partial charge is 0.416 e. The second-order valence-electron chi connectivity index (χ2n) is 5.68. The molecule has 0 spiro atoms. The summed E-state index contributed by atoms with van der Waals surface area (Å²) in [7, 11) is 1.92. The van der Waals surface area contributed by atoms with Crippen molar-refractivity contribution in [1.29, 1.82) is 0 Å². The van der Waals surface area contributed by atoms with E-state index in [9.17, 15) is 13.2 Å². The fourth-order valence-electron chi connectivity index (χ4n) is 2.29. The number of nitrogens with zero attached hydrogens (tertiary/aromatic N) is 4. The Bertz CT molecular complexity index is 796. The van der Waals surface area contributed by atoms with E-state index in [2.05, 4.69) is 20.3 Å². The van der Waals surface area contributed by atoms with E-state index >= 15 is 0 Å². The first kappa shape index (κ1) is 17.2. The van der Waals surface area contributed by atoms with Crippen LogP contribution in [0, 0.1) is 0 Å². The van der Waals surface area contributed by atoms with Gasteiger partial charge in [0.15, 0.2) is 0 Å². The monoisotopic (exact) mass is 351 g/mol. The van der Waals surface area contributed by atoms with Crippen LogP contribution in [0.3, 0.4) is 0 Å². The minimum absolute atomic E-state index is 0.270. The van der Waals surface area contributed by atoms with Crippen LogP contribution >= 0.6 is 0 Å². The number of benzene rings is 1. The lowest BCUT2D eigenvalue weighted by Gasteiger charge is -2.12. The highest BCUT2D eigenvalue weighted by Crippen LogP contribution is 2.30. The predicted molar refractivity (Wildman–Crippen MR) is 83.4 cm³/mol. The lowest BCUT2D eigenvalue weighted by Crippen LogP contribution is -2.20. The summed E-state index contributed by atoms with van der Waals surface area (Å²) in [6.45, 7) is 1.23. The maximum absolute atomic E-state index is 12.6. The topological polar surface area (TPSA) is 70.8 Å². The van der Waals surface area contributed by atoms with E-state index < -0.39 is 11.7 Å². The van der Waals surface area contributed by atoms with Crippen LogP contribution in [-0.2, 0) is 19.1 Å². The SMILES string of the molecule is CN(CCc1cn[nH]c1)Cc1nc(-c2ccc(C(F)(F)F)cc2)no1. The molecule has 3 rings (SSSR count). The van der Waals surface area contributed by atoms with Crippen LogP contribution in [-0.4, -0.2) is 38.8 Å². The van der Waals surface area contributed by atoms with E-state index in [4.69, 9.17) is 4.52 Å². The van der Waals surface area contributed by atoms with Crippen molar-refractivity contribution in [1.82, 2.24) is 25.2 Å². The van der Waals surface area contributed by atoms with Crippen LogP contribution in [0.1, 0.15) is 17.0 Å². The molecule has 0 atom stereocenters. The van der Waals surface area contributed by atoms with Gasteiger partial charge in [0.1, 0.15) is 0 Å². The van der Waals surface area contributed by atoms with E-state index in [-0.39, 0.29) is 5.82 Å². The summed E-state index contributed by atoms with van der Waals surface area (Å²) in [5.41, 5.74) is 0.867. The molecule has 132 valence electrons. The summed E-state index contributed by atoms with van der Waals surface area (Å²) in [5, 5.41) is 10.5. The molecule has 9 heteroatoms.